The number of thiazole rings is 1. The number of hydrogen-bond acceptors (Lipinski definition) is 3. The third-order valence-corrected chi connectivity index (χ3v) is 3.74. The van der Waals surface area contributed by atoms with Crippen molar-refractivity contribution in [3.05, 3.63) is 45.1 Å². The Balaban J connectivity index is 2.15. The molecule has 0 saturated heterocycles. The van der Waals surface area contributed by atoms with Crippen LogP contribution in [-0.2, 0) is 0 Å². The highest BCUT2D eigenvalue weighted by Crippen LogP contribution is 2.27. The van der Waals surface area contributed by atoms with Crippen LogP contribution in [0.5, 0.6) is 0 Å². The molecule has 5 heteroatoms. The van der Waals surface area contributed by atoms with Gasteiger partial charge in [-0.05, 0) is 41.1 Å². The van der Waals surface area contributed by atoms with Crippen molar-refractivity contribution in [3.8, 4) is 0 Å². The maximum Gasteiger partial charge on any atom is 0.124 e. The van der Waals surface area contributed by atoms with E-state index in [4.69, 9.17) is 0 Å². The van der Waals surface area contributed by atoms with Gasteiger partial charge in [0.15, 0.2) is 0 Å². The van der Waals surface area contributed by atoms with E-state index < -0.39 is 0 Å². The summed E-state index contributed by atoms with van der Waals surface area (Å²) in [6.07, 6.45) is 1.78. The quantitative estimate of drug-likeness (QED) is 0.918. The van der Waals surface area contributed by atoms with E-state index in [0.717, 1.165) is 15.2 Å². The lowest BCUT2D eigenvalue weighted by Gasteiger charge is -2.14. The third kappa shape index (κ3) is 2.59. The first-order valence-corrected chi connectivity index (χ1v) is 6.45. The zero-order chi connectivity index (χ0) is 11.5. The van der Waals surface area contributed by atoms with Gasteiger partial charge in [-0.1, -0.05) is 0 Å². The van der Waals surface area contributed by atoms with Gasteiger partial charge in [-0.25, -0.2) is 9.37 Å². The maximum atomic E-state index is 12.9. The van der Waals surface area contributed by atoms with E-state index in [0.29, 0.717) is 0 Å². The highest BCUT2D eigenvalue weighted by Gasteiger charge is 2.09. The summed E-state index contributed by atoms with van der Waals surface area (Å²) in [4.78, 5) is 4.23. The molecule has 16 heavy (non-hydrogen) atoms. The fourth-order valence-corrected chi connectivity index (χ4v) is 2.46. The standard InChI is InChI=1S/C11H10BrFN2S/c1-7(11-14-4-5-16-11)15-10-3-2-8(13)6-9(10)12/h2-7,15H,1H3. The molecule has 0 amide bonds. The van der Waals surface area contributed by atoms with E-state index >= 15 is 0 Å². The van der Waals surface area contributed by atoms with E-state index in [2.05, 4.69) is 26.2 Å². The molecule has 0 aliphatic rings. The van der Waals surface area contributed by atoms with E-state index in [1.807, 2.05) is 12.3 Å². The third-order valence-electron chi connectivity index (χ3n) is 2.12. The van der Waals surface area contributed by atoms with Gasteiger partial charge in [-0.3, -0.25) is 0 Å². The van der Waals surface area contributed by atoms with Gasteiger partial charge in [0, 0.05) is 21.7 Å². The molecule has 1 unspecified atom stereocenters. The molecule has 0 saturated carbocycles. The molecule has 0 aliphatic heterocycles. The second-order valence-corrected chi connectivity index (χ2v) is 5.14. The van der Waals surface area contributed by atoms with Gasteiger partial charge in [0.05, 0.1) is 6.04 Å². The molecular formula is C11H10BrFN2S. The Morgan fingerprint density at radius 1 is 1.50 bits per heavy atom. The lowest BCUT2D eigenvalue weighted by molar-refractivity contribution is 0.627. The number of nitrogens with one attached hydrogen (secondary N) is 1. The molecular weight excluding hydrogens is 291 g/mol. The Morgan fingerprint density at radius 3 is 2.94 bits per heavy atom. The summed E-state index contributed by atoms with van der Waals surface area (Å²) in [5, 5.41) is 6.22. The van der Waals surface area contributed by atoms with Crippen LogP contribution < -0.4 is 5.32 Å². The lowest BCUT2D eigenvalue weighted by atomic mass is 10.2. The fraction of sp³-hybridized carbons (Fsp3) is 0.182. The minimum atomic E-state index is -0.251. The second-order valence-electron chi connectivity index (χ2n) is 3.36. The molecule has 84 valence electrons. The van der Waals surface area contributed by atoms with E-state index in [9.17, 15) is 4.39 Å². The fourth-order valence-electron chi connectivity index (χ4n) is 1.35. The molecule has 1 heterocycles. The van der Waals surface area contributed by atoms with Crippen LogP contribution in [-0.4, -0.2) is 4.98 Å². The van der Waals surface area contributed by atoms with Crippen LogP contribution >= 0.6 is 27.3 Å². The SMILES string of the molecule is CC(Nc1ccc(F)cc1Br)c1nccs1. The summed E-state index contributed by atoms with van der Waals surface area (Å²) in [5.41, 5.74) is 0.865. The monoisotopic (exact) mass is 300 g/mol. The summed E-state index contributed by atoms with van der Waals surface area (Å²) >= 11 is 4.92. The summed E-state index contributed by atoms with van der Waals surface area (Å²) in [6, 6.07) is 4.70. The van der Waals surface area contributed by atoms with Crippen LogP contribution in [0.2, 0.25) is 0 Å². The first kappa shape index (κ1) is 11.5. The molecule has 1 N–H and O–H groups in total. The molecule has 2 nitrogen and oxygen atoms in total. The number of benzene rings is 1. The zero-order valence-corrected chi connectivity index (χ0v) is 11.0. The first-order chi connectivity index (χ1) is 7.66. The highest BCUT2D eigenvalue weighted by molar-refractivity contribution is 9.10. The number of halogens is 2. The van der Waals surface area contributed by atoms with Gasteiger partial charge in [0.2, 0.25) is 0 Å². The van der Waals surface area contributed by atoms with Crippen LogP contribution in [0.4, 0.5) is 10.1 Å². The number of nitrogens with zero attached hydrogens (tertiary/aromatic N) is 1. The smallest absolute Gasteiger partial charge is 0.124 e. The van der Waals surface area contributed by atoms with Crippen molar-refractivity contribution >= 4 is 33.0 Å². The maximum absolute atomic E-state index is 12.9. The molecule has 0 fully saturated rings. The van der Waals surface area contributed by atoms with Gasteiger partial charge in [0.25, 0.3) is 0 Å². The summed E-state index contributed by atoms with van der Waals surface area (Å²) in [6.45, 7) is 2.02. The average Bonchev–Trinajstić information content (AvgIpc) is 2.75. The Bertz CT molecular complexity index is 473. The van der Waals surface area contributed by atoms with Crippen molar-refractivity contribution in [1.29, 1.82) is 0 Å². The molecule has 0 spiro atoms. The van der Waals surface area contributed by atoms with Crippen LogP contribution in [0.15, 0.2) is 34.2 Å². The summed E-state index contributed by atoms with van der Waals surface area (Å²) in [7, 11) is 0. The van der Waals surface area contributed by atoms with Gasteiger partial charge >= 0.3 is 0 Å². The predicted molar refractivity (Wildman–Crippen MR) is 68.3 cm³/mol. The molecule has 0 radical (unpaired) electrons. The Hall–Kier alpha value is -0.940. The van der Waals surface area contributed by atoms with Gasteiger partial charge in [-0.2, -0.15) is 0 Å². The minimum absolute atomic E-state index is 0.113. The topological polar surface area (TPSA) is 24.9 Å². The van der Waals surface area contributed by atoms with Crippen molar-refractivity contribution < 1.29 is 4.39 Å². The largest absolute Gasteiger partial charge is 0.375 e. The second kappa shape index (κ2) is 4.93. The summed E-state index contributed by atoms with van der Waals surface area (Å²) in [5.74, 6) is -0.251. The lowest BCUT2D eigenvalue weighted by Crippen LogP contribution is -2.06. The molecule has 1 aromatic carbocycles. The first-order valence-electron chi connectivity index (χ1n) is 4.78. The molecule has 0 bridgehead atoms. The van der Waals surface area contributed by atoms with Crippen molar-refractivity contribution in [2.45, 2.75) is 13.0 Å². The van der Waals surface area contributed by atoms with Crippen LogP contribution in [0.1, 0.15) is 18.0 Å². The minimum Gasteiger partial charge on any atom is -0.375 e. The van der Waals surface area contributed by atoms with Crippen LogP contribution in [0.25, 0.3) is 0 Å². The van der Waals surface area contributed by atoms with E-state index in [1.165, 1.54) is 12.1 Å². The van der Waals surface area contributed by atoms with Gasteiger partial charge in [-0.15, -0.1) is 11.3 Å². The van der Waals surface area contributed by atoms with Crippen molar-refractivity contribution in [2.24, 2.45) is 0 Å². The Kier molecular flexibility index (Phi) is 3.56. The summed E-state index contributed by atoms with van der Waals surface area (Å²) < 4.78 is 13.6. The average molecular weight is 301 g/mol. The number of aromatic nitrogens is 1. The number of anilines is 1. The van der Waals surface area contributed by atoms with Crippen molar-refractivity contribution in [3.63, 3.8) is 0 Å². The number of rotatable bonds is 3. The Labute approximate surface area is 106 Å². The molecule has 2 rings (SSSR count). The highest BCUT2D eigenvalue weighted by atomic mass is 79.9. The normalized spacial score (nSPS) is 12.4. The van der Waals surface area contributed by atoms with E-state index in [-0.39, 0.29) is 11.9 Å². The van der Waals surface area contributed by atoms with Gasteiger partial charge < -0.3 is 5.32 Å². The number of hydrogen-bond donors (Lipinski definition) is 1. The van der Waals surface area contributed by atoms with Gasteiger partial charge in [0.1, 0.15) is 10.8 Å². The molecule has 0 aliphatic carbocycles. The Morgan fingerprint density at radius 2 is 2.31 bits per heavy atom. The van der Waals surface area contributed by atoms with Crippen LogP contribution in [0, 0.1) is 5.82 Å². The molecule has 1 aromatic heterocycles. The zero-order valence-electron chi connectivity index (χ0n) is 8.58. The predicted octanol–water partition coefficient (Wildman–Crippen LogP) is 4.22. The molecule has 2 aromatic rings. The van der Waals surface area contributed by atoms with Crippen molar-refractivity contribution in [1.82, 2.24) is 4.98 Å². The van der Waals surface area contributed by atoms with Crippen molar-refractivity contribution in [2.75, 3.05) is 5.32 Å². The van der Waals surface area contributed by atoms with E-state index in [1.54, 1.807) is 23.6 Å². The molecule has 1 atom stereocenters. The van der Waals surface area contributed by atoms with Crippen LogP contribution in [0.3, 0.4) is 0 Å².